The summed E-state index contributed by atoms with van der Waals surface area (Å²) >= 11 is 0. The summed E-state index contributed by atoms with van der Waals surface area (Å²) in [4.78, 5) is 25.4. The van der Waals surface area contributed by atoms with Crippen molar-refractivity contribution in [1.82, 2.24) is 10.2 Å². The number of nitrogens with zero attached hydrogens (tertiary/aromatic N) is 1. The minimum atomic E-state index is -0.995. The quantitative estimate of drug-likeness (QED) is 0.115. The van der Waals surface area contributed by atoms with Crippen molar-refractivity contribution in [1.29, 1.82) is 0 Å². The number of carboxylic acid groups (broad SMARTS) is 1. The average Bonchev–Trinajstić information content (AvgIpc) is 3.16. The highest BCUT2D eigenvalue weighted by Gasteiger charge is 2.39. The van der Waals surface area contributed by atoms with Gasteiger partial charge in [0.25, 0.3) is 0 Å². The number of rotatable bonds is 13. The number of aliphatic hydroxyl groups excluding tert-OH is 1. The molecule has 8 nitrogen and oxygen atoms in total. The number of carboxylic acids is 1. The molecule has 0 spiro atoms. The number of amides is 1. The SMILES string of the molecule is CC1C(CN(C)C(C)c2ccc3ccccc3c2)OC(c2ccc(-c3ccccc3CNC(=O)CCC(=O)O)cc2)OC1c1ccc(CO)cc1. The number of hydrogen-bond donors (Lipinski definition) is 3. The van der Waals surface area contributed by atoms with E-state index in [2.05, 4.69) is 73.6 Å². The molecular weight excluding hydrogens is 640 g/mol. The second kappa shape index (κ2) is 16.4. The van der Waals surface area contributed by atoms with Crippen molar-refractivity contribution < 1.29 is 29.3 Å². The number of fused-ring (bicyclic) bond motifs is 1. The first-order chi connectivity index (χ1) is 24.7. The molecule has 5 atom stereocenters. The summed E-state index contributed by atoms with van der Waals surface area (Å²) in [6.07, 6.45) is -1.22. The van der Waals surface area contributed by atoms with Gasteiger partial charge in [0.1, 0.15) is 0 Å². The van der Waals surface area contributed by atoms with Gasteiger partial charge in [-0.05, 0) is 64.2 Å². The summed E-state index contributed by atoms with van der Waals surface area (Å²) in [5.74, 6) is -1.24. The molecule has 51 heavy (non-hydrogen) atoms. The fourth-order valence-electron chi connectivity index (χ4n) is 6.77. The van der Waals surface area contributed by atoms with Crippen LogP contribution in [-0.4, -0.2) is 46.7 Å². The van der Waals surface area contributed by atoms with Crippen molar-refractivity contribution in [3.8, 4) is 11.1 Å². The van der Waals surface area contributed by atoms with E-state index in [0.717, 1.165) is 33.4 Å². The van der Waals surface area contributed by atoms with Gasteiger partial charge in [-0.15, -0.1) is 0 Å². The Bertz CT molecular complexity index is 1940. The van der Waals surface area contributed by atoms with Crippen molar-refractivity contribution in [2.24, 2.45) is 5.92 Å². The predicted octanol–water partition coefficient (Wildman–Crippen LogP) is 7.96. The molecule has 5 aromatic rings. The first kappa shape index (κ1) is 35.9. The predicted molar refractivity (Wildman–Crippen MR) is 199 cm³/mol. The lowest BCUT2D eigenvalue weighted by Gasteiger charge is -2.43. The molecule has 1 aliphatic rings. The topological polar surface area (TPSA) is 108 Å². The fourth-order valence-corrected chi connectivity index (χ4v) is 6.77. The van der Waals surface area contributed by atoms with Crippen molar-refractivity contribution in [3.05, 3.63) is 143 Å². The maximum atomic E-state index is 12.2. The van der Waals surface area contributed by atoms with Crippen molar-refractivity contribution >= 4 is 22.6 Å². The van der Waals surface area contributed by atoms with Gasteiger partial charge in [-0.1, -0.05) is 116 Å². The van der Waals surface area contributed by atoms with Crippen LogP contribution in [0, 0.1) is 5.92 Å². The molecule has 1 fully saturated rings. The van der Waals surface area contributed by atoms with Gasteiger partial charge in [0.15, 0.2) is 6.29 Å². The van der Waals surface area contributed by atoms with Crippen LogP contribution in [0.4, 0.5) is 0 Å². The van der Waals surface area contributed by atoms with Crippen LogP contribution in [0.2, 0.25) is 0 Å². The molecule has 0 aliphatic carbocycles. The maximum Gasteiger partial charge on any atom is 0.303 e. The van der Waals surface area contributed by atoms with Gasteiger partial charge < -0.3 is 25.0 Å². The lowest BCUT2D eigenvalue weighted by molar-refractivity contribution is -0.276. The lowest BCUT2D eigenvalue weighted by atomic mass is 9.89. The van der Waals surface area contributed by atoms with Crippen LogP contribution in [0.3, 0.4) is 0 Å². The van der Waals surface area contributed by atoms with Crippen LogP contribution < -0.4 is 5.32 Å². The smallest absolute Gasteiger partial charge is 0.303 e. The van der Waals surface area contributed by atoms with E-state index in [1.807, 2.05) is 72.8 Å². The standard InChI is InChI=1S/C43H46N2O6/c1-28-39(26-45(3)29(2)35-21-16-31-8-4-5-9-36(31)24-35)50-43(51-42(28)33-14-12-30(27-46)13-15-33)34-19-17-32(18-20-34)38-11-7-6-10-37(38)25-44-40(47)22-23-41(48)49/h4-21,24,28-29,39,42-43,46H,22-23,25-27H2,1-3H3,(H,44,47)(H,48,49). The van der Waals surface area contributed by atoms with Gasteiger partial charge in [-0.2, -0.15) is 0 Å². The van der Waals surface area contributed by atoms with Crippen LogP contribution in [0.1, 0.15) is 72.9 Å². The van der Waals surface area contributed by atoms with Gasteiger partial charge in [0.2, 0.25) is 5.91 Å². The van der Waals surface area contributed by atoms with E-state index in [4.69, 9.17) is 14.6 Å². The van der Waals surface area contributed by atoms with E-state index < -0.39 is 12.3 Å². The summed E-state index contributed by atoms with van der Waals surface area (Å²) < 4.78 is 13.5. The molecule has 1 amide bonds. The number of nitrogens with one attached hydrogen (secondary N) is 1. The van der Waals surface area contributed by atoms with Gasteiger partial charge in [0.05, 0.1) is 25.2 Å². The number of hydrogen-bond acceptors (Lipinski definition) is 6. The first-order valence-electron chi connectivity index (χ1n) is 17.6. The zero-order valence-corrected chi connectivity index (χ0v) is 29.4. The zero-order valence-electron chi connectivity index (χ0n) is 29.4. The Morgan fingerprint density at radius 3 is 2.24 bits per heavy atom. The van der Waals surface area contributed by atoms with Crippen LogP contribution in [0.25, 0.3) is 21.9 Å². The van der Waals surface area contributed by atoms with Gasteiger partial charge >= 0.3 is 5.97 Å². The molecule has 0 aromatic heterocycles. The molecule has 1 aliphatic heterocycles. The monoisotopic (exact) mass is 686 g/mol. The third-order valence-corrected chi connectivity index (χ3v) is 10.1. The number of aliphatic carboxylic acids is 1. The minimum absolute atomic E-state index is 0.0141. The summed E-state index contributed by atoms with van der Waals surface area (Å²) in [6, 6.07) is 39.2. The van der Waals surface area contributed by atoms with Crippen LogP contribution in [0.15, 0.2) is 115 Å². The number of likely N-dealkylation sites (N-methyl/N-ethyl adjacent to an activating group) is 1. The van der Waals surface area contributed by atoms with Gasteiger partial charge in [0, 0.05) is 37.0 Å². The van der Waals surface area contributed by atoms with Crippen LogP contribution in [0.5, 0.6) is 0 Å². The van der Waals surface area contributed by atoms with Gasteiger partial charge in [-0.3, -0.25) is 14.5 Å². The molecule has 1 heterocycles. The third-order valence-electron chi connectivity index (χ3n) is 10.1. The number of benzene rings is 5. The summed E-state index contributed by atoms with van der Waals surface area (Å²) in [5.41, 5.74) is 6.94. The highest BCUT2D eigenvalue weighted by molar-refractivity contribution is 5.83. The molecule has 264 valence electrons. The number of carbonyl (C=O) groups excluding carboxylic acids is 1. The molecule has 1 saturated heterocycles. The van der Waals surface area contributed by atoms with E-state index in [1.54, 1.807) is 0 Å². The Morgan fingerprint density at radius 1 is 0.824 bits per heavy atom. The molecule has 0 radical (unpaired) electrons. The molecule has 5 unspecified atom stereocenters. The Morgan fingerprint density at radius 2 is 1.51 bits per heavy atom. The number of carbonyl (C=O) groups is 2. The van der Waals surface area contributed by atoms with E-state index in [1.165, 1.54) is 16.3 Å². The normalized spacial score (nSPS) is 19.5. The molecule has 6 rings (SSSR count). The summed E-state index contributed by atoms with van der Waals surface area (Å²) in [6.45, 7) is 5.39. The largest absolute Gasteiger partial charge is 0.481 e. The highest BCUT2D eigenvalue weighted by Crippen LogP contribution is 2.42. The van der Waals surface area contributed by atoms with E-state index in [-0.39, 0.29) is 49.5 Å². The second-order valence-electron chi connectivity index (χ2n) is 13.5. The molecule has 0 bridgehead atoms. The lowest BCUT2D eigenvalue weighted by Crippen LogP contribution is -2.44. The minimum Gasteiger partial charge on any atom is -0.481 e. The van der Waals surface area contributed by atoms with E-state index >= 15 is 0 Å². The molecular formula is C43H46N2O6. The first-order valence-corrected chi connectivity index (χ1v) is 17.6. The van der Waals surface area contributed by atoms with Crippen LogP contribution in [-0.2, 0) is 32.2 Å². The Hall–Kier alpha value is -4.86. The van der Waals surface area contributed by atoms with Gasteiger partial charge in [-0.25, -0.2) is 0 Å². The molecule has 3 N–H and O–H groups in total. The van der Waals surface area contributed by atoms with Crippen molar-refractivity contribution in [3.63, 3.8) is 0 Å². The van der Waals surface area contributed by atoms with Crippen molar-refractivity contribution in [2.75, 3.05) is 13.6 Å². The fraction of sp³-hybridized carbons (Fsp3) is 0.302. The number of ether oxygens (including phenoxy) is 2. The highest BCUT2D eigenvalue weighted by atomic mass is 16.7. The Kier molecular flexibility index (Phi) is 11.6. The molecule has 8 heteroatoms. The van der Waals surface area contributed by atoms with E-state index in [9.17, 15) is 14.7 Å². The zero-order chi connectivity index (χ0) is 35.9. The maximum absolute atomic E-state index is 12.2. The molecule has 0 saturated carbocycles. The Labute approximate surface area is 299 Å². The van der Waals surface area contributed by atoms with E-state index in [0.29, 0.717) is 13.1 Å². The second-order valence-corrected chi connectivity index (χ2v) is 13.5. The van der Waals surface area contributed by atoms with Crippen molar-refractivity contribution in [2.45, 2.75) is 64.4 Å². The molecule has 5 aromatic carbocycles. The van der Waals surface area contributed by atoms with Crippen LogP contribution >= 0.6 is 0 Å². The third kappa shape index (κ3) is 8.72. The summed E-state index contributed by atoms with van der Waals surface area (Å²) in [5, 5.41) is 23.8. The summed E-state index contributed by atoms with van der Waals surface area (Å²) in [7, 11) is 2.15. The number of aliphatic hydroxyl groups is 1. The average molecular weight is 687 g/mol. The Balaban J connectivity index is 1.22.